The molecule has 8 heteroatoms. The number of benzene rings is 1. The highest BCUT2D eigenvalue weighted by molar-refractivity contribution is 5.92. The lowest BCUT2D eigenvalue weighted by molar-refractivity contribution is -0.143. The van der Waals surface area contributed by atoms with E-state index in [1.165, 1.54) is 4.90 Å². The van der Waals surface area contributed by atoms with Gasteiger partial charge in [0.05, 0.1) is 6.61 Å². The molecule has 0 aromatic heterocycles. The summed E-state index contributed by atoms with van der Waals surface area (Å²) in [4.78, 5) is 40.3. The fourth-order valence-corrected chi connectivity index (χ4v) is 3.47. The van der Waals surface area contributed by atoms with Gasteiger partial charge in [0, 0.05) is 12.6 Å². The van der Waals surface area contributed by atoms with Crippen LogP contribution in [0.25, 0.3) is 0 Å². The van der Waals surface area contributed by atoms with E-state index in [1.807, 2.05) is 45.0 Å². The summed E-state index contributed by atoms with van der Waals surface area (Å²) in [5.74, 6) is -0.864. The molecular weight excluding hydrogens is 410 g/mol. The molecule has 3 amide bonds. The van der Waals surface area contributed by atoms with E-state index in [4.69, 9.17) is 4.74 Å². The van der Waals surface area contributed by atoms with E-state index < -0.39 is 36.3 Å². The molecule has 8 nitrogen and oxygen atoms in total. The van der Waals surface area contributed by atoms with Gasteiger partial charge in [0.25, 0.3) is 0 Å². The third-order valence-corrected chi connectivity index (χ3v) is 4.95. The quantitative estimate of drug-likeness (QED) is 0.509. The highest BCUT2D eigenvalue weighted by Crippen LogP contribution is 2.25. The summed E-state index contributed by atoms with van der Waals surface area (Å²) in [6, 6.07) is 5.19. The van der Waals surface area contributed by atoms with E-state index in [9.17, 15) is 19.5 Å². The van der Waals surface area contributed by atoms with Crippen molar-refractivity contribution in [3.8, 4) is 0 Å². The Morgan fingerprint density at radius 1 is 1.12 bits per heavy atom. The van der Waals surface area contributed by atoms with Gasteiger partial charge in [0.2, 0.25) is 11.8 Å². The Morgan fingerprint density at radius 3 is 2.25 bits per heavy atom. The molecule has 0 aliphatic carbocycles. The lowest BCUT2D eigenvalue weighted by Crippen LogP contribution is -2.54. The Labute approximate surface area is 191 Å². The number of hydrogen-bond acceptors (Lipinski definition) is 5. The number of nitrogens with zero attached hydrogens (tertiary/aromatic N) is 1. The second-order valence-electron chi connectivity index (χ2n) is 8.96. The molecule has 0 saturated heterocycles. The molecule has 0 saturated carbocycles. The SMILES string of the molecule is CCCC(C)NC(=O)C(c1ccccc1C)N(CC)C(=O)C(CO)NC(=O)OC(C)(C)C. The van der Waals surface area contributed by atoms with Crippen LogP contribution in [0.15, 0.2) is 24.3 Å². The summed E-state index contributed by atoms with van der Waals surface area (Å²) in [5.41, 5.74) is 0.803. The average molecular weight is 450 g/mol. The number of carbonyl (C=O) groups excluding carboxylic acids is 3. The van der Waals surface area contributed by atoms with Crippen molar-refractivity contribution < 1.29 is 24.2 Å². The van der Waals surface area contributed by atoms with Crippen LogP contribution >= 0.6 is 0 Å². The van der Waals surface area contributed by atoms with Crippen molar-refractivity contribution in [2.75, 3.05) is 13.2 Å². The molecule has 0 radical (unpaired) electrons. The standard InChI is InChI=1S/C24H39N3O5/c1-8-12-17(4)25-21(29)20(18-14-11-10-13-16(18)3)27(9-2)22(30)19(15-28)26-23(31)32-24(5,6)7/h10-11,13-14,17,19-20,28H,8-9,12,15H2,1-7H3,(H,25,29)(H,26,31). The van der Waals surface area contributed by atoms with Gasteiger partial charge in [-0.3, -0.25) is 9.59 Å². The highest BCUT2D eigenvalue weighted by atomic mass is 16.6. The van der Waals surface area contributed by atoms with Crippen molar-refractivity contribution in [3.05, 3.63) is 35.4 Å². The molecule has 0 aliphatic heterocycles. The molecule has 1 rings (SSSR count). The molecule has 180 valence electrons. The van der Waals surface area contributed by atoms with Gasteiger partial charge in [0.1, 0.15) is 17.7 Å². The molecule has 0 fully saturated rings. The summed E-state index contributed by atoms with van der Waals surface area (Å²) in [7, 11) is 0. The molecule has 0 spiro atoms. The van der Waals surface area contributed by atoms with Crippen molar-refractivity contribution in [2.45, 2.75) is 85.0 Å². The number of amides is 3. The number of aryl methyl sites for hydroxylation is 1. The summed E-state index contributed by atoms with van der Waals surface area (Å²) >= 11 is 0. The van der Waals surface area contributed by atoms with E-state index in [0.717, 1.165) is 18.4 Å². The molecule has 0 aliphatic rings. The topological polar surface area (TPSA) is 108 Å². The Hall–Kier alpha value is -2.61. The van der Waals surface area contributed by atoms with E-state index in [1.54, 1.807) is 27.7 Å². The van der Waals surface area contributed by atoms with Crippen LogP contribution in [0.2, 0.25) is 0 Å². The Kier molecular flexibility index (Phi) is 10.7. The molecule has 1 aromatic rings. The lowest BCUT2D eigenvalue weighted by Gasteiger charge is -2.34. The number of nitrogens with one attached hydrogen (secondary N) is 2. The Bertz CT molecular complexity index is 775. The number of rotatable bonds is 10. The zero-order valence-electron chi connectivity index (χ0n) is 20.4. The smallest absolute Gasteiger partial charge is 0.408 e. The number of likely N-dealkylation sites (N-methyl/N-ethyl adjacent to an activating group) is 1. The molecule has 3 unspecified atom stereocenters. The first-order chi connectivity index (χ1) is 14.9. The predicted octanol–water partition coefficient (Wildman–Crippen LogP) is 3.08. The Balaban J connectivity index is 3.26. The van der Waals surface area contributed by atoms with Crippen molar-refractivity contribution in [1.29, 1.82) is 0 Å². The Morgan fingerprint density at radius 2 is 1.75 bits per heavy atom. The number of alkyl carbamates (subject to hydrolysis) is 1. The van der Waals surface area contributed by atoms with E-state index in [0.29, 0.717) is 5.56 Å². The maximum absolute atomic E-state index is 13.4. The van der Waals surface area contributed by atoms with Crippen LogP contribution in [0.4, 0.5) is 4.79 Å². The van der Waals surface area contributed by atoms with Gasteiger partial charge >= 0.3 is 6.09 Å². The first-order valence-corrected chi connectivity index (χ1v) is 11.2. The van der Waals surface area contributed by atoms with Gasteiger partial charge in [0.15, 0.2) is 0 Å². The van der Waals surface area contributed by atoms with Crippen molar-refractivity contribution in [1.82, 2.24) is 15.5 Å². The van der Waals surface area contributed by atoms with Gasteiger partial charge in [-0.15, -0.1) is 0 Å². The predicted molar refractivity (Wildman–Crippen MR) is 124 cm³/mol. The van der Waals surface area contributed by atoms with Gasteiger partial charge in [-0.2, -0.15) is 0 Å². The third-order valence-electron chi connectivity index (χ3n) is 4.95. The number of ether oxygens (including phenoxy) is 1. The van der Waals surface area contributed by atoms with Crippen LogP contribution < -0.4 is 10.6 Å². The van der Waals surface area contributed by atoms with Gasteiger partial charge in [-0.05, 0) is 59.1 Å². The zero-order chi connectivity index (χ0) is 24.5. The third kappa shape index (κ3) is 8.15. The summed E-state index contributed by atoms with van der Waals surface area (Å²) in [5, 5.41) is 15.3. The van der Waals surface area contributed by atoms with Gasteiger partial charge in [-0.25, -0.2) is 4.79 Å². The first-order valence-electron chi connectivity index (χ1n) is 11.2. The largest absolute Gasteiger partial charge is 0.444 e. The van der Waals surface area contributed by atoms with E-state index >= 15 is 0 Å². The molecule has 0 heterocycles. The van der Waals surface area contributed by atoms with Gasteiger partial charge in [-0.1, -0.05) is 37.6 Å². The molecule has 3 atom stereocenters. The number of hydrogen-bond donors (Lipinski definition) is 3. The van der Waals surface area contributed by atoms with Crippen molar-refractivity contribution in [2.24, 2.45) is 0 Å². The number of aliphatic hydroxyl groups excluding tert-OH is 1. The fourth-order valence-electron chi connectivity index (χ4n) is 3.47. The minimum atomic E-state index is -1.24. The van der Waals surface area contributed by atoms with Crippen LogP contribution in [0.3, 0.4) is 0 Å². The molecule has 0 bridgehead atoms. The van der Waals surface area contributed by atoms with Gasteiger partial charge < -0.3 is 25.4 Å². The maximum atomic E-state index is 13.4. The molecule has 1 aromatic carbocycles. The second kappa shape index (κ2) is 12.4. The minimum Gasteiger partial charge on any atom is -0.444 e. The fraction of sp³-hybridized carbons (Fsp3) is 0.625. The van der Waals surface area contributed by atoms with Crippen LogP contribution in [0.5, 0.6) is 0 Å². The summed E-state index contributed by atoms with van der Waals surface area (Å²) < 4.78 is 5.21. The summed E-state index contributed by atoms with van der Waals surface area (Å²) in [6.07, 6.45) is 0.917. The molecule has 3 N–H and O–H groups in total. The normalized spacial score (nSPS) is 14.1. The lowest BCUT2D eigenvalue weighted by atomic mass is 9.97. The van der Waals surface area contributed by atoms with Crippen molar-refractivity contribution >= 4 is 17.9 Å². The first kappa shape index (κ1) is 27.4. The maximum Gasteiger partial charge on any atom is 0.408 e. The average Bonchev–Trinajstić information content (AvgIpc) is 2.69. The molecule has 32 heavy (non-hydrogen) atoms. The van der Waals surface area contributed by atoms with Crippen molar-refractivity contribution in [3.63, 3.8) is 0 Å². The monoisotopic (exact) mass is 449 g/mol. The number of aliphatic hydroxyl groups is 1. The zero-order valence-corrected chi connectivity index (χ0v) is 20.4. The van der Waals surface area contributed by atoms with E-state index in [2.05, 4.69) is 10.6 Å². The van der Waals surface area contributed by atoms with Crippen LogP contribution in [0, 0.1) is 6.92 Å². The molecular formula is C24H39N3O5. The second-order valence-corrected chi connectivity index (χ2v) is 8.96. The minimum absolute atomic E-state index is 0.0543. The van der Waals surface area contributed by atoms with Crippen LogP contribution in [0.1, 0.15) is 71.6 Å². The van der Waals surface area contributed by atoms with E-state index in [-0.39, 0.29) is 18.5 Å². The number of carbonyl (C=O) groups is 3. The summed E-state index contributed by atoms with van der Waals surface area (Å²) in [6.45, 7) is 12.3. The highest BCUT2D eigenvalue weighted by Gasteiger charge is 2.36. The van der Waals surface area contributed by atoms with Crippen LogP contribution in [-0.2, 0) is 14.3 Å². The van der Waals surface area contributed by atoms with Crippen LogP contribution in [-0.4, -0.2) is 58.8 Å².